The first kappa shape index (κ1) is 101. The lowest BCUT2D eigenvalue weighted by molar-refractivity contribution is -0.143. The van der Waals surface area contributed by atoms with Crippen LogP contribution in [0.5, 0.6) is 0 Å². The van der Waals surface area contributed by atoms with Crippen LogP contribution in [0.2, 0.25) is 0 Å². The fourth-order valence-electron chi connectivity index (χ4n) is 14.9. The van der Waals surface area contributed by atoms with Gasteiger partial charge in [0.15, 0.2) is 0 Å². The van der Waals surface area contributed by atoms with Crippen molar-refractivity contribution < 1.29 is 62.3 Å². The maximum atomic E-state index is 15.3. The molecule has 0 spiro atoms. The minimum atomic E-state index is -1.38. The number of imidazole rings is 1. The number of H-pyrrole nitrogens is 2. The Balaban J connectivity index is 1.22. The van der Waals surface area contributed by atoms with Gasteiger partial charge >= 0.3 is 0 Å². The van der Waals surface area contributed by atoms with Crippen molar-refractivity contribution in [1.82, 2.24) is 78.3 Å². The Labute approximate surface area is 722 Å². The Bertz CT molecular complexity index is 4130. The molecule has 1 aliphatic rings. The van der Waals surface area contributed by atoms with Crippen LogP contribution in [0.1, 0.15) is 192 Å². The highest BCUT2D eigenvalue weighted by Crippen LogP contribution is 2.25. The SMILES string of the molecule is CC[C@H](C)[C@H](NC(=O)[C@H](CCCCN)NC(=O)[C@H](CCCCN)NC(=O)[C@H](Cc1ccccc1)NC(=O)[C@H](CC(C)C)NC(=O)[C@H](CCCCN)NC(=O)[C@H](Cc1c[nH]c2ccccc12)NC(=O)[C@@H](N)CCCCN)C(=O)N1CCC[C@H]1C(=O)N[C@@H](CCCCN)C(=O)N[C@@H](Cc1ccccc1)C(=O)N[C@@H](CC(C)C)C(=O)N[C@@H](Cc1cnc[nH]1)C(N)=O. The number of nitrogens with zero attached hydrogens (tertiary/aromatic N) is 2. The summed E-state index contributed by atoms with van der Waals surface area (Å²) in [5.41, 5.74) is 45.0. The first-order chi connectivity index (χ1) is 59.0. The number of aromatic amines is 2. The van der Waals surface area contributed by atoms with Crippen LogP contribution in [0.15, 0.2) is 104 Å². The van der Waals surface area contributed by atoms with Crippen molar-refractivity contribution in [1.29, 1.82) is 0 Å². The van der Waals surface area contributed by atoms with Gasteiger partial charge in [0.05, 0.1) is 12.4 Å². The lowest BCUT2D eigenvalue weighted by atomic mass is 9.96. The normalized spacial score (nSPS) is 15.9. The predicted molar refractivity (Wildman–Crippen MR) is 471 cm³/mol. The van der Waals surface area contributed by atoms with E-state index in [9.17, 15) is 38.4 Å². The molecule has 0 bridgehead atoms. The number of unbranched alkanes of at least 4 members (excludes halogenated alkanes) is 5. The molecule has 1 fully saturated rings. The number of amides is 13. The van der Waals surface area contributed by atoms with Crippen molar-refractivity contribution in [2.75, 3.05) is 39.3 Å². The third-order valence-corrected chi connectivity index (χ3v) is 22.1. The lowest BCUT2D eigenvalue weighted by Crippen LogP contribution is -2.61. The van der Waals surface area contributed by atoms with Crippen molar-refractivity contribution in [3.8, 4) is 0 Å². The summed E-state index contributed by atoms with van der Waals surface area (Å²) < 4.78 is 0. The number of carbonyl (C=O) groups excluding carboxylic acids is 13. The van der Waals surface area contributed by atoms with Gasteiger partial charge in [0, 0.05) is 61.2 Å². The minimum absolute atomic E-state index is 0.000399. The zero-order valence-corrected chi connectivity index (χ0v) is 72.5. The van der Waals surface area contributed by atoms with E-state index in [1.54, 1.807) is 73.8 Å². The highest BCUT2D eigenvalue weighted by atomic mass is 16.2. The van der Waals surface area contributed by atoms with Crippen LogP contribution in [0.3, 0.4) is 0 Å². The van der Waals surface area contributed by atoms with E-state index in [0.717, 1.165) is 16.5 Å². The van der Waals surface area contributed by atoms with Crippen LogP contribution in [0.25, 0.3) is 10.9 Å². The minimum Gasteiger partial charge on any atom is -0.368 e. The monoisotopic (exact) mass is 1710 g/mol. The van der Waals surface area contributed by atoms with Gasteiger partial charge in [-0.05, 0) is 189 Å². The summed E-state index contributed by atoms with van der Waals surface area (Å²) in [6, 6.07) is 9.10. The van der Waals surface area contributed by atoms with E-state index in [1.165, 1.54) is 17.4 Å². The van der Waals surface area contributed by atoms with Crippen LogP contribution in [0.4, 0.5) is 0 Å². The second-order valence-corrected chi connectivity index (χ2v) is 33.1. The van der Waals surface area contributed by atoms with Crippen LogP contribution >= 0.6 is 0 Å². The molecule has 6 rings (SSSR count). The quantitative estimate of drug-likeness (QED) is 0.0242. The molecule has 3 heterocycles. The number of aromatic nitrogens is 3. The number of benzene rings is 3. The van der Waals surface area contributed by atoms with Crippen LogP contribution in [-0.2, 0) is 88.0 Å². The predicted octanol–water partition coefficient (Wildman–Crippen LogP) is 1.08. The molecule has 35 nitrogen and oxygen atoms in total. The van der Waals surface area contributed by atoms with Gasteiger partial charge in [0.2, 0.25) is 76.8 Å². The maximum absolute atomic E-state index is 15.3. The van der Waals surface area contributed by atoms with E-state index in [4.69, 9.17) is 40.1 Å². The Hall–Kier alpha value is -10.7. The van der Waals surface area contributed by atoms with E-state index in [2.05, 4.69) is 73.4 Å². The topological polar surface area (TPSA) is 584 Å². The van der Waals surface area contributed by atoms with Crippen molar-refractivity contribution in [2.24, 2.45) is 57.9 Å². The molecule has 3 aromatic carbocycles. The molecule has 2 aromatic heterocycles. The number of rotatable bonds is 58. The molecule has 27 N–H and O–H groups in total. The number of nitrogens with one attached hydrogen (secondary N) is 13. The van der Waals surface area contributed by atoms with Gasteiger partial charge < -0.3 is 113 Å². The fraction of sp³-hybridized carbons (Fsp3) is 0.591. The van der Waals surface area contributed by atoms with Gasteiger partial charge in [-0.3, -0.25) is 62.3 Å². The smallest absolute Gasteiger partial charge is 0.246 e. The summed E-state index contributed by atoms with van der Waals surface area (Å²) in [5, 5.41) is 32.2. The molecule has 123 heavy (non-hydrogen) atoms. The molecule has 0 saturated carbocycles. The lowest BCUT2D eigenvalue weighted by Gasteiger charge is -2.33. The second-order valence-electron chi connectivity index (χ2n) is 33.1. The highest BCUT2D eigenvalue weighted by molar-refractivity contribution is 6.00. The number of nitrogens with two attached hydrogens (primary N) is 7. The summed E-state index contributed by atoms with van der Waals surface area (Å²) in [4.78, 5) is 201. The summed E-state index contributed by atoms with van der Waals surface area (Å²) in [5.74, 6) is -10.2. The number of para-hydroxylation sites is 1. The number of primary amides is 1. The molecule has 0 aliphatic carbocycles. The molecule has 13 amide bonds. The van der Waals surface area contributed by atoms with E-state index in [0.29, 0.717) is 107 Å². The second kappa shape index (κ2) is 54.0. The molecule has 1 saturated heterocycles. The molecule has 35 heteroatoms. The average Bonchev–Trinajstić information content (AvgIpc) is 1.72. The average molecular weight is 1710 g/mol. The molecular weight excluding hydrogens is 1570 g/mol. The van der Waals surface area contributed by atoms with Gasteiger partial charge in [-0.25, -0.2) is 4.98 Å². The van der Waals surface area contributed by atoms with Crippen LogP contribution in [0, 0.1) is 17.8 Å². The third kappa shape index (κ3) is 34.1. The first-order valence-corrected chi connectivity index (χ1v) is 43.8. The molecule has 0 unspecified atom stereocenters. The Kier molecular flexibility index (Phi) is 44.4. The first-order valence-electron chi connectivity index (χ1n) is 43.8. The van der Waals surface area contributed by atoms with E-state index in [-0.39, 0.29) is 115 Å². The van der Waals surface area contributed by atoms with Gasteiger partial charge in [-0.1, -0.05) is 133 Å². The summed E-state index contributed by atoms with van der Waals surface area (Å²) in [6.45, 7) is 12.5. The molecular formula is C88H138N22O13. The standard InChI is InChI=1S/C88H138N22O13/c1-7-56(6)75(88(123)110-44-26-38-74(110)87(122)102-66(36-19-24-42-92)80(115)107-72(48-58-29-12-9-13-30-58)85(120)106-69(45-54(2)3)82(117)103-68(76(95)111)50-60-52-96-53-98-60)109-81(116)67(37-20-25-43-93)99-78(113)64(34-17-22-40-90)100-84(119)71(47-57-27-10-8-11-28-57)108-83(118)70(46-55(4)5)105-79(114)65(35-18-23-41-91)101-86(121)73(104-77(112)62(94)32-16-21-39-89)49-59-51-97-63-33-15-14-31-61(59)63/h8-15,27-31,33,51-56,62,64-75,97H,7,16-26,32,34-50,89-94H2,1-6H3,(H2,95,111)(H,96,98)(H,99,113)(H,100,119)(H,101,121)(H,102,122)(H,103,117)(H,104,112)(H,105,114)(H,106,120)(H,107,115)(H,108,118)(H,109,116)/t56-,62-,64-,65-,66-,67-,68-,69-,70-,71-,72-,73-,74-,75-/m0/s1. The number of hydrogen-bond acceptors (Lipinski definition) is 20. The molecule has 14 atom stereocenters. The van der Waals surface area contributed by atoms with Crippen LogP contribution in [-0.4, -0.2) is 214 Å². The van der Waals surface area contributed by atoms with Gasteiger partial charge in [-0.2, -0.15) is 0 Å². The van der Waals surface area contributed by atoms with Gasteiger partial charge in [0.25, 0.3) is 0 Å². The highest BCUT2D eigenvalue weighted by Gasteiger charge is 2.43. The van der Waals surface area contributed by atoms with Gasteiger partial charge in [0.1, 0.15) is 72.5 Å². The molecule has 1 aliphatic heterocycles. The van der Waals surface area contributed by atoms with Crippen molar-refractivity contribution in [3.63, 3.8) is 0 Å². The number of hydrogen-bond donors (Lipinski definition) is 20. The Morgan fingerprint density at radius 3 is 1.24 bits per heavy atom. The Morgan fingerprint density at radius 2 is 0.813 bits per heavy atom. The fourth-order valence-corrected chi connectivity index (χ4v) is 14.9. The molecule has 678 valence electrons. The van der Waals surface area contributed by atoms with Crippen molar-refractivity contribution in [3.05, 3.63) is 126 Å². The number of carbonyl (C=O) groups is 13. The third-order valence-electron chi connectivity index (χ3n) is 22.1. The molecule has 5 aromatic rings. The van der Waals surface area contributed by atoms with E-state index in [1.807, 2.05) is 58.9 Å². The van der Waals surface area contributed by atoms with Crippen LogP contribution < -0.4 is 98.6 Å². The summed E-state index contributed by atoms with van der Waals surface area (Å²) >= 11 is 0. The summed E-state index contributed by atoms with van der Waals surface area (Å²) in [6.07, 6.45) is 10.7. The van der Waals surface area contributed by atoms with Crippen molar-refractivity contribution in [2.45, 2.75) is 274 Å². The number of fused-ring (bicyclic) bond motifs is 1. The summed E-state index contributed by atoms with van der Waals surface area (Å²) in [7, 11) is 0. The zero-order chi connectivity index (χ0) is 89.9. The van der Waals surface area contributed by atoms with E-state index < -0.39 is 161 Å². The van der Waals surface area contributed by atoms with Crippen molar-refractivity contribution >= 4 is 87.7 Å². The Morgan fingerprint density at radius 1 is 0.431 bits per heavy atom. The maximum Gasteiger partial charge on any atom is 0.246 e. The largest absolute Gasteiger partial charge is 0.368 e. The molecule has 0 radical (unpaired) electrons. The van der Waals surface area contributed by atoms with Gasteiger partial charge in [-0.15, -0.1) is 0 Å². The zero-order valence-electron chi connectivity index (χ0n) is 72.5. The number of likely N-dealkylation sites (tertiary alicyclic amines) is 1. The van der Waals surface area contributed by atoms with E-state index >= 15 is 24.0 Å².